The Bertz CT molecular complexity index is 631. The van der Waals surface area contributed by atoms with Gasteiger partial charge >= 0.3 is 0 Å². The van der Waals surface area contributed by atoms with Gasteiger partial charge in [-0.3, -0.25) is 4.98 Å². The molecule has 2 aromatic rings. The fraction of sp³-hybridized carbons (Fsp3) is 0.500. The topological polar surface area (TPSA) is 52.0 Å². The van der Waals surface area contributed by atoms with E-state index in [2.05, 4.69) is 28.7 Å². The van der Waals surface area contributed by atoms with Crippen LogP contribution in [0.5, 0.6) is 0 Å². The molecule has 1 atom stereocenters. The highest BCUT2D eigenvalue weighted by Gasteiger charge is 2.17. The van der Waals surface area contributed by atoms with Crippen LogP contribution in [0.15, 0.2) is 24.5 Å². The lowest BCUT2D eigenvalue weighted by molar-refractivity contribution is -0.0394. The zero-order valence-electron chi connectivity index (χ0n) is 12.1. The molecular formula is C16H20N4O. The molecule has 0 aliphatic carbocycles. The maximum Gasteiger partial charge on any atom is 0.150 e. The molecule has 0 bridgehead atoms. The minimum atomic E-state index is 0.0896. The van der Waals surface area contributed by atoms with Crippen LogP contribution in [0, 0.1) is 0 Å². The van der Waals surface area contributed by atoms with Gasteiger partial charge in [-0.1, -0.05) is 0 Å². The summed E-state index contributed by atoms with van der Waals surface area (Å²) >= 11 is 0. The molecule has 1 unspecified atom stereocenters. The van der Waals surface area contributed by atoms with E-state index in [4.69, 9.17) is 9.72 Å². The summed E-state index contributed by atoms with van der Waals surface area (Å²) in [6, 6.07) is 4.20. The second-order valence-corrected chi connectivity index (χ2v) is 5.75. The highest BCUT2D eigenvalue weighted by Crippen LogP contribution is 2.27. The molecule has 1 N–H and O–H groups in total. The Hall–Kier alpha value is -1.88. The van der Waals surface area contributed by atoms with E-state index in [1.807, 2.05) is 10.9 Å². The molecular weight excluding hydrogens is 264 g/mol. The molecule has 21 heavy (non-hydrogen) atoms. The molecule has 110 valence electrons. The van der Waals surface area contributed by atoms with E-state index in [-0.39, 0.29) is 6.23 Å². The SMILES string of the molecule is c1nn(C2CCCCO2)cc1-c1ccc2c(n1)CCCN2. The maximum atomic E-state index is 5.77. The van der Waals surface area contributed by atoms with Gasteiger partial charge in [0.1, 0.15) is 6.23 Å². The first-order chi connectivity index (χ1) is 10.4. The fourth-order valence-corrected chi connectivity index (χ4v) is 3.05. The van der Waals surface area contributed by atoms with Crippen LogP contribution in [0.1, 0.15) is 37.6 Å². The Morgan fingerprint density at radius 1 is 1.24 bits per heavy atom. The van der Waals surface area contributed by atoms with Crippen molar-refractivity contribution in [1.82, 2.24) is 14.8 Å². The van der Waals surface area contributed by atoms with Crippen LogP contribution in [0.3, 0.4) is 0 Å². The zero-order chi connectivity index (χ0) is 14.1. The van der Waals surface area contributed by atoms with Crippen LogP contribution in [0.25, 0.3) is 11.3 Å². The lowest BCUT2D eigenvalue weighted by Gasteiger charge is -2.22. The van der Waals surface area contributed by atoms with Crippen molar-refractivity contribution < 1.29 is 4.74 Å². The van der Waals surface area contributed by atoms with Crippen molar-refractivity contribution in [3.63, 3.8) is 0 Å². The maximum absolute atomic E-state index is 5.77. The molecule has 5 heteroatoms. The molecule has 4 rings (SSSR count). The van der Waals surface area contributed by atoms with Gasteiger partial charge in [0.25, 0.3) is 0 Å². The molecule has 0 saturated carbocycles. The first-order valence-corrected chi connectivity index (χ1v) is 7.80. The minimum Gasteiger partial charge on any atom is -0.384 e. The van der Waals surface area contributed by atoms with Crippen molar-refractivity contribution in [3.05, 3.63) is 30.2 Å². The number of anilines is 1. The third kappa shape index (κ3) is 2.53. The summed E-state index contributed by atoms with van der Waals surface area (Å²) in [6.07, 6.45) is 9.65. The number of nitrogens with zero attached hydrogens (tertiary/aromatic N) is 3. The molecule has 1 fully saturated rings. The summed E-state index contributed by atoms with van der Waals surface area (Å²) < 4.78 is 7.71. The van der Waals surface area contributed by atoms with Gasteiger partial charge in [-0.2, -0.15) is 5.10 Å². The van der Waals surface area contributed by atoms with E-state index in [1.165, 1.54) is 17.8 Å². The van der Waals surface area contributed by atoms with Crippen LogP contribution in [0.4, 0.5) is 5.69 Å². The quantitative estimate of drug-likeness (QED) is 0.921. The molecule has 1 saturated heterocycles. The Balaban J connectivity index is 1.60. The van der Waals surface area contributed by atoms with E-state index in [0.29, 0.717) is 0 Å². The van der Waals surface area contributed by atoms with Gasteiger partial charge in [0.15, 0.2) is 0 Å². The summed E-state index contributed by atoms with van der Waals surface area (Å²) in [6.45, 7) is 1.88. The first-order valence-electron chi connectivity index (χ1n) is 7.80. The molecule has 2 aromatic heterocycles. The first kappa shape index (κ1) is 12.8. The van der Waals surface area contributed by atoms with Gasteiger partial charge in [-0.15, -0.1) is 0 Å². The average Bonchev–Trinajstić information content (AvgIpc) is 3.05. The Kier molecular flexibility index (Phi) is 3.35. The van der Waals surface area contributed by atoms with Gasteiger partial charge in [0, 0.05) is 24.9 Å². The van der Waals surface area contributed by atoms with Crippen molar-refractivity contribution in [2.75, 3.05) is 18.5 Å². The smallest absolute Gasteiger partial charge is 0.150 e. The van der Waals surface area contributed by atoms with E-state index in [0.717, 1.165) is 50.1 Å². The highest BCUT2D eigenvalue weighted by atomic mass is 16.5. The van der Waals surface area contributed by atoms with Crippen LogP contribution < -0.4 is 5.32 Å². The summed E-state index contributed by atoms with van der Waals surface area (Å²) in [5.41, 5.74) is 4.41. The van der Waals surface area contributed by atoms with Crippen molar-refractivity contribution in [3.8, 4) is 11.3 Å². The molecule has 2 aliphatic heterocycles. The van der Waals surface area contributed by atoms with Gasteiger partial charge < -0.3 is 10.1 Å². The Morgan fingerprint density at radius 3 is 3.14 bits per heavy atom. The monoisotopic (exact) mass is 284 g/mol. The van der Waals surface area contributed by atoms with Crippen molar-refractivity contribution in [2.24, 2.45) is 0 Å². The van der Waals surface area contributed by atoms with Crippen molar-refractivity contribution >= 4 is 5.69 Å². The second-order valence-electron chi connectivity index (χ2n) is 5.75. The second kappa shape index (κ2) is 5.48. The van der Waals surface area contributed by atoms with Crippen LogP contribution >= 0.6 is 0 Å². The summed E-state index contributed by atoms with van der Waals surface area (Å²) in [7, 11) is 0. The number of rotatable bonds is 2. The van der Waals surface area contributed by atoms with Gasteiger partial charge in [0.2, 0.25) is 0 Å². The number of hydrogen-bond acceptors (Lipinski definition) is 4. The third-order valence-electron chi connectivity index (χ3n) is 4.23. The van der Waals surface area contributed by atoms with E-state index < -0.39 is 0 Å². The van der Waals surface area contributed by atoms with Gasteiger partial charge in [0.05, 0.1) is 23.3 Å². The number of pyridine rings is 1. The largest absolute Gasteiger partial charge is 0.384 e. The fourth-order valence-electron chi connectivity index (χ4n) is 3.05. The molecule has 0 aromatic carbocycles. The normalized spacial score (nSPS) is 21.6. The van der Waals surface area contributed by atoms with Gasteiger partial charge in [-0.05, 0) is 44.2 Å². The van der Waals surface area contributed by atoms with Crippen LogP contribution in [0.2, 0.25) is 0 Å². The predicted molar refractivity (Wildman–Crippen MR) is 81.1 cm³/mol. The lowest BCUT2D eigenvalue weighted by atomic mass is 10.1. The average molecular weight is 284 g/mol. The molecule has 2 aliphatic rings. The van der Waals surface area contributed by atoms with Crippen molar-refractivity contribution in [1.29, 1.82) is 0 Å². The van der Waals surface area contributed by atoms with Crippen LogP contribution in [-0.4, -0.2) is 27.9 Å². The molecule has 4 heterocycles. The standard InChI is InChI=1S/C16H20N4O/c1-2-9-21-16(5-1)20-11-12(10-18-20)13-6-7-14-15(19-13)4-3-8-17-14/h6-7,10-11,16-17H,1-5,8-9H2. The Morgan fingerprint density at radius 2 is 2.24 bits per heavy atom. The lowest BCUT2D eigenvalue weighted by Crippen LogP contribution is -2.18. The highest BCUT2D eigenvalue weighted by molar-refractivity contribution is 5.62. The van der Waals surface area contributed by atoms with E-state index in [1.54, 1.807) is 0 Å². The number of hydrogen-bond donors (Lipinski definition) is 1. The van der Waals surface area contributed by atoms with Crippen molar-refractivity contribution in [2.45, 2.75) is 38.3 Å². The number of aromatic nitrogens is 3. The summed E-state index contributed by atoms with van der Waals surface area (Å²) in [5, 5.41) is 7.86. The number of nitrogens with one attached hydrogen (secondary N) is 1. The molecule has 0 spiro atoms. The molecule has 0 amide bonds. The minimum absolute atomic E-state index is 0.0896. The summed E-state index contributed by atoms with van der Waals surface area (Å²) in [5.74, 6) is 0. The van der Waals surface area contributed by atoms with Crippen LogP contribution in [-0.2, 0) is 11.2 Å². The van der Waals surface area contributed by atoms with Gasteiger partial charge in [-0.25, -0.2) is 4.68 Å². The summed E-state index contributed by atoms with van der Waals surface area (Å²) in [4.78, 5) is 4.79. The third-order valence-corrected chi connectivity index (χ3v) is 4.23. The molecule has 0 radical (unpaired) electrons. The Labute approximate surface area is 124 Å². The predicted octanol–water partition coefficient (Wildman–Crippen LogP) is 3.00. The van der Waals surface area contributed by atoms with E-state index in [9.17, 15) is 0 Å². The van der Waals surface area contributed by atoms with E-state index >= 15 is 0 Å². The molecule has 5 nitrogen and oxygen atoms in total. The number of fused-ring (bicyclic) bond motifs is 1. The zero-order valence-corrected chi connectivity index (χ0v) is 12.1. The number of aryl methyl sites for hydroxylation is 1. The number of ether oxygens (including phenoxy) is 1.